The van der Waals surface area contributed by atoms with E-state index in [-0.39, 0.29) is 6.42 Å². The summed E-state index contributed by atoms with van der Waals surface area (Å²) in [5.74, 6) is -0.640. The molecule has 0 radical (unpaired) electrons. The minimum absolute atomic E-state index is 0.275. The van der Waals surface area contributed by atoms with Crippen molar-refractivity contribution >= 4 is 11.9 Å². The van der Waals surface area contributed by atoms with Crippen molar-refractivity contribution < 1.29 is 19.4 Å². The highest BCUT2D eigenvalue weighted by atomic mass is 17.2. The van der Waals surface area contributed by atoms with E-state index in [9.17, 15) is 9.59 Å². The predicted octanol–water partition coefficient (Wildman–Crippen LogP) is 2.39. The molecule has 0 amide bonds. The fourth-order valence-corrected chi connectivity index (χ4v) is 0.985. The highest BCUT2D eigenvalue weighted by Crippen LogP contribution is 2.08. The van der Waals surface area contributed by atoms with E-state index in [4.69, 9.17) is 0 Å². The summed E-state index contributed by atoms with van der Waals surface area (Å²) in [6.07, 6.45) is 4.02. The lowest BCUT2D eigenvalue weighted by atomic mass is 10.1. The fraction of sp³-hybridized carbons (Fsp3) is 0.636. The van der Waals surface area contributed by atoms with Gasteiger partial charge in [-0.1, -0.05) is 33.3 Å². The van der Waals surface area contributed by atoms with Crippen LogP contribution in [0.15, 0.2) is 12.7 Å². The molecular weight excluding hydrogens is 196 g/mol. The Morgan fingerprint density at radius 3 is 2.47 bits per heavy atom. The van der Waals surface area contributed by atoms with Crippen LogP contribution < -0.4 is 0 Å². The average molecular weight is 214 g/mol. The fourth-order valence-electron chi connectivity index (χ4n) is 0.985. The Hall–Kier alpha value is -1.32. The van der Waals surface area contributed by atoms with E-state index in [2.05, 4.69) is 30.2 Å². The summed E-state index contributed by atoms with van der Waals surface area (Å²) in [5.41, 5.74) is 0. The van der Waals surface area contributed by atoms with Crippen molar-refractivity contribution in [1.82, 2.24) is 0 Å². The Kier molecular flexibility index (Phi) is 7.32. The van der Waals surface area contributed by atoms with E-state index in [1.54, 1.807) is 0 Å². The SMILES string of the molecule is C=CC(=O)OOC(=O)CCCCC(C)C. The van der Waals surface area contributed by atoms with Gasteiger partial charge in [-0.2, -0.15) is 0 Å². The second-order valence-electron chi connectivity index (χ2n) is 3.70. The highest BCUT2D eigenvalue weighted by molar-refractivity contribution is 5.81. The van der Waals surface area contributed by atoms with Crippen LogP contribution in [0, 0.1) is 5.92 Å². The molecule has 0 saturated heterocycles. The van der Waals surface area contributed by atoms with E-state index in [1.165, 1.54) is 0 Å². The number of hydrogen-bond acceptors (Lipinski definition) is 4. The summed E-state index contributed by atoms with van der Waals surface area (Å²) in [7, 11) is 0. The molecule has 0 bridgehead atoms. The Morgan fingerprint density at radius 1 is 1.27 bits per heavy atom. The van der Waals surface area contributed by atoms with Crippen molar-refractivity contribution in [2.75, 3.05) is 0 Å². The zero-order valence-corrected chi connectivity index (χ0v) is 9.32. The lowest BCUT2D eigenvalue weighted by Crippen LogP contribution is -2.09. The third-order valence-electron chi connectivity index (χ3n) is 1.80. The van der Waals surface area contributed by atoms with Gasteiger partial charge in [0.25, 0.3) is 0 Å². The summed E-state index contributed by atoms with van der Waals surface area (Å²) in [4.78, 5) is 29.9. The van der Waals surface area contributed by atoms with Crippen molar-refractivity contribution in [2.45, 2.75) is 39.5 Å². The molecular formula is C11H18O4. The van der Waals surface area contributed by atoms with Crippen LogP contribution in [-0.2, 0) is 19.4 Å². The summed E-state index contributed by atoms with van der Waals surface area (Å²) in [5, 5.41) is 0. The normalized spacial score (nSPS) is 9.80. The van der Waals surface area contributed by atoms with Crippen molar-refractivity contribution in [1.29, 1.82) is 0 Å². The van der Waals surface area contributed by atoms with Crippen LogP contribution in [0.1, 0.15) is 39.5 Å². The van der Waals surface area contributed by atoms with Gasteiger partial charge in [0, 0.05) is 6.08 Å². The van der Waals surface area contributed by atoms with Crippen molar-refractivity contribution in [3.8, 4) is 0 Å². The zero-order valence-electron chi connectivity index (χ0n) is 9.32. The molecule has 0 aliphatic heterocycles. The van der Waals surface area contributed by atoms with Gasteiger partial charge in [0.15, 0.2) is 0 Å². The topological polar surface area (TPSA) is 52.6 Å². The van der Waals surface area contributed by atoms with Crippen LogP contribution in [0.3, 0.4) is 0 Å². The van der Waals surface area contributed by atoms with Gasteiger partial charge in [-0.25, -0.2) is 19.4 Å². The summed E-state index contributed by atoms with van der Waals surface area (Å²) >= 11 is 0. The molecule has 86 valence electrons. The number of carbonyl (C=O) groups excluding carboxylic acids is 2. The van der Waals surface area contributed by atoms with E-state index < -0.39 is 11.9 Å². The first-order chi connectivity index (χ1) is 7.06. The van der Waals surface area contributed by atoms with Gasteiger partial charge < -0.3 is 0 Å². The van der Waals surface area contributed by atoms with E-state index in [0.717, 1.165) is 25.3 Å². The first-order valence-electron chi connectivity index (χ1n) is 5.10. The Balaban J connectivity index is 3.41. The summed E-state index contributed by atoms with van der Waals surface area (Å²) in [6.45, 7) is 7.43. The van der Waals surface area contributed by atoms with Gasteiger partial charge in [0.2, 0.25) is 0 Å². The molecule has 0 fully saturated rings. The summed E-state index contributed by atoms with van der Waals surface area (Å²) in [6, 6.07) is 0. The molecule has 0 aromatic heterocycles. The molecule has 0 N–H and O–H groups in total. The standard InChI is InChI=1S/C11H18O4/c1-4-10(12)14-15-11(13)8-6-5-7-9(2)3/h4,9H,1,5-8H2,2-3H3. The van der Waals surface area contributed by atoms with Gasteiger partial charge >= 0.3 is 11.9 Å². The number of carbonyl (C=O) groups is 2. The predicted molar refractivity (Wildman–Crippen MR) is 55.7 cm³/mol. The molecule has 0 heterocycles. The van der Waals surface area contributed by atoms with E-state index in [0.29, 0.717) is 5.92 Å². The molecule has 0 aliphatic rings. The second kappa shape index (κ2) is 8.03. The van der Waals surface area contributed by atoms with Crippen molar-refractivity contribution in [3.05, 3.63) is 12.7 Å². The van der Waals surface area contributed by atoms with Crippen molar-refractivity contribution in [2.24, 2.45) is 5.92 Å². The molecule has 15 heavy (non-hydrogen) atoms. The van der Waals surface area contributed by atoms with Crippen LogP contribution in [0.2, 0.25) is 0 Å². The van der Waals surface area contributed by atoms with Crippen molar-refractivity contribution in [3.63, 3.8) is 0 Å². The second-order valence-corrected chi connectivity index (χ2v) is 3.70. The van der Waals surface area contributed by atoms with Gasteiger partial charge in [-0.3, -0.25) is 0 Å². The molecule has 4 nitrogen and oxygen atoms in total. The molecule has 0 rings (SSSR count). The maximum absolute atomic E-state index is 11.0. The number of rotatable bonds is 6. The molecule has 0 atom stereocenters. The monoisotopic (exact) mass is 214 g/mol. The highest BCUT2D eigenvalue weighted by Gasteiger charge is 2.06. The molecule has 0 aromatic carbocycles. The molecule has 0 aliphatic carbocycles. The van der Waals surface area contributed by atoms with Gasteiger partial charge in [0.05, 0.1) is 6.42 Å². The molecule has 0 saturated carbocycles. The Bertz CT molecular complexity index is 221. The smallest absolute Gasteiger partial charge is 0.247 e. The first-order valence-corrected chi connectivity index (χ1v) is 5.10. The first kappa shape index (κ1) is 13.7. The van der Waals surface area contributed by atoms with Crippen LogP contribution in [-0.4, -0.2) is 11.9 Å². The van der Waals surface area contributed by atoms with Crippen LogP contribution in [0.5, 0.6) is 0 Å². The molecule has 0 spiro atoms. The number of unbranched alkanes of at least 4 members (excludes halogenated alkanes) is 1. The van der Waals surface area contributed by atoms with Crippen LogP contribution in [0.25, 0.3) is 0 Å². The summed E-state index contributed by atoms with van der Waals surface area (Å²) < 4.78 is 0. The molecule has 0 unspecified atom stereocenters. The average Bonchev–Trinajstić information content (AvgIpc) is 2.20. The van der Waals surface area contributed by atoms with Gasteiger partial charge in [-0.05, 0) is 12.3 Å². The van der Waals surface area contributed by atoms with E-state index >= 15 is 0 Å². The third-order valence-corrected chi connectivity index (χ3v) is 1.80. The minimum Gasteiger partial charge on any atom is -0.247 e. The Labute approximate surface area is 90.2 Å². The van der Waals surface area contributed by atoms with Gasteiger partial charge in [-0.15, -0.1) is 0 Å². The Morgan fingerprint density at radius 2 is 1.93 bits per heavy atom. The van der Waals surface area contributed by atoms with Crippen LogP contribution >= 0.6 is 0 Å². The number of hydrogen-bond donors (Lipinski definition) is 0. The zero-order chi connectivity index (χ0) is 11.7. The maximum Gasteiger partial charge on any atom is 0.378 e. The third kappa shape index (κ3) is 9.00. The quantitative estimate of drug-likeness (QED) is 0.295. The molecule has 0 aromatic rings. The van der Waals surface area contributed by atoms with Crippen LogP contribution in [0.4, 0.5) is 0 Å². The maximum atomic E-state index is 11.0. The molecule has 4 heteroatoms. The minimum atomic E-state index is -0.759. The lowest BCUT2D eigenvalue weighted by Gasteiger charge is -2.03. The largest absolute Gasteiger partial charge is 0.378 e. The lowest BCUT2D eigenvalue weighted by molar-refractivity contribution is -0.254. The van der Waals surface area contributed by atoms with E-state index in [1.807, 2.05) is 0 Å². The van der Waals surface area contributed by atoms with Gasteiger partial charge in [0.1, 0.15) is 0 Å².